The Bertz CT molecular complexity index is 989. The summed E-state index contributed by atoms with van der Waals surface area (Å²) in [6.45, 7) is 9.40. The normalized spacial score (nSPS) is 13.1. The number of aromatic nitrogens is 1. The summed E-state index contributed by atoms with van der Waals surface area (Å²) < 4.78 is 46.0. The lowest BCUT2D eigenvalue weighted by atomic mass is 9.88. The number of pyridine rings is 1. The fraction of sp³-hybridized carbons (Fsp3) is 0.455. The maximum Gasteiger partial charge on any atom is 0.267 e. The van der Waals surface area contributed by atoms with E-state index in [9.17, 15) is 17.6 Å². The lowest BCUT2D eigenvalue weighted by molar-refractivity contribution is 0.0995. The minimum atomic E-state index is -3.67. The molecule has 4 N–H and O–H groups in total. The highest BCUT2D eigenvalue weighted by atomic mass is 32.2. The summed E-state index contributed by atoms with van der Waals surface area (Å²) in [4.78, 5) is 14.9. The average Bonchev–Trinajstić information content (AvgIpc) is 2.68. The molecule has 0 radical (unpaired) electrons. The predicted octanol–water partition coefficient (Wildman–Crippen LogP) is 3.88. The second-order valence-electron chi connectivity index (χ2n) is 8.02. The van der Waals surface area contributed by atoms with Gasteiger partial charge in [-0.2, -0.15) is 8.42 Å². The van der Waals surface area contributed by atoms with Crippen molar-refractivity contribution in [3.05, 3.63) is 53.6 Å². The first kappa shape index (κ1) is 27.5. The third-order valence-electron chi connectivity index (χ3n) is 4.73. The molecule has 1 amide bonds. The molecule has 0 bridgehead atoms. The Labute approximate surface area is 189 Å². The number of benzene rings is 1. The molecule has 1 heterocycles. The van der Waals surface area contributed by atoms with Crippen LogP contribution in [0.5, 0.6) is 11.5 Å². The predicted molar refractivity (Wildman–Crippen MR) is 122 cm³/mol. The molecule has 0 aliphatic carbocycles. The van der Waals surface area contributed by atoms with E-state index in [2.05, 4.69) is 38.0 Å². The second-order valence-corrected chi connectivity index (χ2v) is 9.48. The molecule has 1 unspecified atom stereocenters. The van der Waals surface area contributed by atoms with Crippen molar-refractivity contribution in [1.29, 1.82) is 0 Å². The van der Waals surface area contributed by atoms with Gasteiger partial charge >= 0.3 is 0 Å². The molecule has 1 aromatic heterocycles. The summed E-state index contributed by atoms with van der Waals surface area (Å²) in [5.41, 5.74) is 5.85. The molecule has 2 rings (SSSR count). The number of nitrogens with zero attached hydrogens (tertiary/aromatic N) is 1. The van der Waals surface area contributed by atoms with E-state index in [1.54, 1.807) is 6.07 Å². The van der Waals surface area contributed by atoms with Crippen LogP contribution in [-0.4, -0.2) is 36.7 Å². The monoisotopic (exact) mass is 469 g/mol. The summed E-state index contributed by atoms with van der Waals surface area (Å²) in [7, 11) is -3.67. The number of nitrogens with two attached hydrogens (primary N) is 1. The number of ether oxygens (including phenoxy) is 1. The largest absolute Gasteiger partial charge is 0.453 e. The van der Waals surface area contributed by atoms with Gasteiger partial charge in [0.05, 0.1) is 12.5 Å². The van der Waals surface area contributed by atoms with Crippen LogP contribution in [0.4, 0.5) is 4.39 Å². The van der Waals surface area contributed by atoms with Gasteiger partial charge in [-0.1, -0.05) is 26.8 Å². The molecule has 0 saturated heterocycles. The number of hydrogen-bond donors (Lipinski definition) is 3. The standard InChI is InChI=1S/C21H28FN3O2.CH4O3S/c1-5-21(4,25-11-10-14(2)3)15-6-9-19(17(22)12-15)27-16-7-8-18(20(23)26)24-13-16;1-5(2,3)4/h6-9,12-14,25H,5,10-11H2,1-4H3,(H2,23,26);1H3,(H,2,3,4). The summed E-state index contributed by atoms with van der Waals surface area (Å²) in [6, 6.07) is 7.97. The third-order valence-corrected chi connectivity index (χ3v) is 4.73. The highest BCUT2D eigenvalue weighted by molar-refractivity contribution is 7.85. The van der Waals surface area contributed by atoms with E-state index in [1.807, 2.05) is 6.07 Å². The quantitative estimate of drug-likeness (QED) is 0.475. The highest BCUT2D eigenvalue weighted by Gasteiger charge is 2.25. The summed E-state index contributed by atoms with van der Waals surface area (Å²) in [5.74, 6) is -0.0219. The van der Waals surface area contributed by atoms with Crippen molar-refractivity contribution >= 4 is 16.0 Å². The van der Waals surface area contributed by atoms with Crippen LogP contribution in [0, 0.1) is 11.7 Å². The van der Waals surface area contributed by atoms with Crippen LogP contribution in [0.3, 0.4) is 0 Å². The van der Waals surface area contributed by atoms with E-state index in [0.717, 1.165) is 24.9 Å². The van der Waals surface area contributed by atoms with Crippen LogP contribution in [0.15, 0.2) is 36.5 Å². The Balaban J connectivity index is 0.000000920. The van der Waals surface area contributed by atoms with Crippen molar-refractivity contribution in [3.63, 3.8) is 0 Å². The molecule has 0 aliphatic rings. The molecular formula is C22H32FN3O5S. The van der Waals surface area contributed by atoms with Gasteiger partial charge in [-0.25, -0.2) is 9.37 Å². The van der Waals surface area contributed by atoms with E-state index in [4.69, 9.17) is 15.0 Å². The van der Waals surface area contributed by atoms with Crippen LogP contribution in [0.2, 0.25) is 0 Å². The van der Waals surface area contributed by atoms with E-state index >= 15 is 0 Å². The van der Waals surface area contributed by atoms with Gasteiger partial charge in [-0.3, -0.25) is 9.35 Å². The van der Waals surface area contributed by atoms with Gasteiger partial charge in [0.1, 0.15) is 11.4 Å². The molecule has 0 aliphatic heterocycles. The summed E-state index contributed by atoms with van der Waals surface area (Å²) in [6.07, 6.45) is 3.96. The van der Waals surface area contributed by atoms with Gasteiger partial charge in [0.2, 0.25) is 0 Å². The smallest absolute Gasteiger partial charge is 0.267 e. The Morgan fingerprint density at radius 3 is 2.38 bits per heavy atom. The highest BCUT2D eigenvalue weighted by Crippen LogP contribution is 2.30. The number of nitrogens with one attached hydrogen (secondary N) is 1. The number of hydrogen-bond acceptors (Lipinski definition) is 6. The zero-order valence-electron chi connectivity index (χ0n) is 19.1. The number of carbonyl (C=O) groups is 1. The molecule has 8 nitrogen and oxygen atoms in total. The van der Waals surface area contributed by atoms with Crippen LogP contribution in [-0.2, 0) is 15.7 Å². The maximum absolute atomic E-state index is 14.6. The van der Waals surface area contributed by atoms with Crippen LogP contribution in [0.1, 0.15) is 56.6 Å². The molecule has 10 heteroatoms. The zero-order valence-corrected chi connectivity index (χ0v) is 19.9. The van der Waals surface area contributed by atoms with Gasteiger partial charge in [-0.05, 0) is 62.1 Å². The van der Waals surface area contributed by atoms with Crippen molar-refractivity contribution < 1.29 is 26.9 Å². The molecule has 0 spiro atoms. The SMILES string of the molecule is CCC(C)(NCCC(C)C)c1ccc(Oc2ccc(C(N)=O)nc2)c(F)c1.CS(=O)(=O)O. The van der Waals surface area contributed by atoms with Crippen molar-refractivity contribution in [2.45, 2.75) is 46.1 Å². The summed E-state index contributed by atoms with van der Waals surface area (Å²) >= 11 is 0. The maximum atomic E-state index is 14.6. The Morgan fingerprint density at radius 1 is 1.31 bits per heavy atom. The first-order valence-electron chi connectivity index (χ1n) is 10.2. The number of amides is 1. The Kier molecular flexibility index (Phi) is 10.2. The van der Waals surface area contributed by atoms with Gasteiger partial charge in [0.15, 0.2) is 11.6 Å². The van der Waals surface area contributed by atoms with E-state index < -0.39 is 21.8 Å². The Hall–Kier alpha value is -2.56. The molecule has 1 aromatic carbocycles. The number of primary amides is 1. The molecule has 0 fully saturated rings. The number of carbonyl (C=O) groups excluding carboxylic acids is 1. The Morgan fingerprint density at radius 2 is 1.94 bits per heavy atom. The molecule has 178 valence electrons. The van der Waals surface area contributed by atoms with Crippen LogP contribution in [0.25, 0.3) is 0 Å². The number of rotatable bonds is 9. The lowest BCUT2D eigenvalue weighted by Crippen LogP contribution is -2.40. The minimum Gasteiger partial charge on any atom is -0.453 e. The first-order valence-corrected chi connectivity index (χ1v) is 12.0. The second kappa shape index (κ2) is 11.9. The molecule has 32 heavy (non-hydrogen) atoms. The van der Waals surface area contributed by atoms with Crippen LogP contribution < -0.4 is 15.8 Å². The minimum absolute atomic E-state index is 0.105. The summed E-state index contributed by atoms with van der Waals surface area (Å²) in [5, 5.41) is 3.55. The van der Waals surface area contributed by atoms with E-state index in [1.165, 1.54) is 24.4 Å². The van der Waals surface area contributed by atoms with E-state index in [-0.39, 0.29) is 17.0 Å². The third kappa shape index (κ3) is 9.71. The lowest BCUT2D eigenvalue weighted by Gasteiger charge is -2.31. The first-order chi connectivity index (χ1) is 14.7. The fourth-order valence-electron chi connectivity index (χ4n) is 2.71. The topological polar surface area (TPSA) is 132 Å². The van der Waals surface area contributed by atoms with Gasteiger partial charge in [-0.15, -0.1) is 0 Å². The van der Waals surface area contributed by atoms with Crippen molar-refractivity contribution in [2.75, 3.05) is 12.8 Å². The molecule has 2 aromatic rings. The molecule has 1 atom stereocenters. The zero-order chi connectivity index (χ0) is 24.5. The van der Waals surface area contributed by atoms with E-state index in [0.29, 0.717) is 17.9 Å². The van der Waals surface area contributed by atoms with Crippen LogP contribution >= 0.6 is 0 Å². The van der Waals surface area contributed by atoms with Gasteiger partial charge < -0.3 is 15.8 Å². The number of halogens is 1. The molecule has 0 saturated carbocycles. The van der Waals surface area contributed by atoms with Gasteiger partial charge in [0, 0.05) is 5.54 Å². The van der Waals surface area contributed by atoms with Gasteiger partial charge in [0.25, 0.3) is 16.0 Å². The van der Waals surface area contributed by atoms with Crippen molar-refractivity contribution in [2.24, 2.45) is 11.7 Å². The fourth-order valence-corrected chi connectivity index (χ4v) is 2.71. The van der Waals surface area contributed by atoms with Crippen molar-refractivity contribution in [1.82, 2.24) is 10.3 Å². The van der Waals surface area contributed by atoms with Crippen molar-refractivity contribution in [3.8, 4) is 11.5 Å². The average molecular weight is 470 g/mol. The molecular weight excluding hydrogens is 437 g/mol.